The molecule has 2 aliphatic heterocycles. The zero-order valence-corrected chi connectivity index (χ0v) is 21.0. The number of nitrogens with zero attached hydrogens (tertiary/aromatic N) is 2. The molecule has 3 aromatic rings. The summed E-state index contributed by atoms with van der Waals surface area (Å²) in [5, 5.41) is 1.26. The largest absolute Gasteiger partial charge is 0.488 e. The molecule has 0 spiro atoms. The van der Waals surface area contributed by atoms with E-state index in [9.17, 15) is 4.79 Å². The molecule has 190 valence electrons. The van der Waals surface area contributed by atoms with Gasteiger partial charge in [0.2, 0.25) is 0 Å². The summed E-state index contributed by atoms with van der Waals surface area (Å²) in [6, 6.07) is 12.4. The predicted molar refractivity (Wildman–Crippen MR) is 141 cm³/mol. The second-order valence-corrected chi connectivity index (χ2v) is 10.4. The number of aromatic nitrogens is 1. The van der Waals surface area contributed by atoms with Crippen molar-refractivity contribution < 1.29 is 19.0 Å². The van der Waals surface area contributed by atoms with Gasteiger partial charge in [-0.2, -0.15) is 0 Å². The van der Waals surface area contributed by atoms with Crippen LogP contribution in [0.25, 0.3) is 22.2 Å². The molecule has 0 unspecified atom stereocenters. The van der Waals surface area contributed by atoms with E-state index in [-0.39, 0.29) is 0 Å². The predicted octanol–water partition coefficient (Wildman–Crippen LogP) is 6.15. The fraction of sp³-hybridized carbons (Fsp3) is 0.500. The molecule has 2 fully saturated rings. The maximum atomic E-state index is 11.0. The maximum absolute atomic E-state index is 11.0. The number of ether oxygens (including phenoxy) is 3. The number of likely N-dealkylation sites (tertiary alicyclic amines) is 1. The first-order valence-electron chi connectivity index (χ1n) is 13.7. The Morgan fingerprint density at radius 1 is 0.972 bits per heavy atom. The molecule has 6 rings (SSSR count). The van der Waals surface area contributed by atoms with Crippen LogP contribution in [0.5, 0.6) is 17.2 Å². The number of fused-ring (bicyclic) bond motifs is 5. The molecule has 2 aromatic carbocycles. The van der Waals surface area contributed by atoms with Crippen LogP contribution in [0.1, 0.15) is 62.8 Å². The second-order valence-electron chi connectivity index (χ2n) is 10.4. The summed E-state index contributed by atoms with van der Waals surface area (Å²) in [5.41, 5.74) is 4.88. The molecule has 1 saturated carbocycles. The third kappa shape index (κ3) is 4.47. The highest BCUT2D eigenvalue weighted by Gasteiger charge is 2.30. The summed E-state index contributed by atoms with van der Waals surface area (Å²) >= 11 is 0. The van der Waals surface area contributed by atoms with E-state index in [1.807, 2.05) is 18.2 Å². The van der Waals surface area contributed by atoms with Crippen LogP contribution in [-0.4, -0.2) is 48.8 Å². The van der Waals surface area contributed by atoms with Crippen molar-refractivity contribution in [3.05, 3.63) is 42.0 Å². The molecule has 3 aliphatic rings. The van der Waals surface area contributed by atoms with Gasteiger partial charge in [0.25, 0.3) is 6.47 Å². The normalized spacial score (nSPS) is 18.7. The van der Waals surface area contributed by atoms with Crippen LogP contribution in [-0.2, 0) is 11.3 Å². The standard InChI is InChI=1S/C30H36N2O4/c33-21-36-23-12-13-24-26(20-23)32-17-19-35-30-25(29(32)28(24)22-8-3-1-4-9-22)10-7-11-27(30)34-18-16-31-14-5-2-6-15-31/h7,10-13,20-22H,1-6,8-9,14-19H2. The number of para-hydroxylation sites is 1. The first-order chi connectivity index (χ1) is 17.8. The average molecular weight is 489 g/mol. The topological polar surface area (TPSA) is 52.9 Å². The fourth-order valence-corrected chi connectivity index (χ4v) is 6.48. The Kier molecular flexibility index (Phi) is 6.86. The van der Waals surface area contributed by atoms with Crippen molar-refractivity contribution in [3.63, 3.8) is 0 Å². The van der Waals surface area contributed by atoms with Gasteiger partial charge in [-0.1, -0.05) is 31.7 Å². The number of rotatable bonds is 7. The second kappa shape index (κ2) is 10.6. The summed E-state index contributed by atoms with van der Waals surface area (Å²) in [5.74, 6) is 2.79. The Bertz CT molecular complexity index is 1220. The fourth-order valence-electron chi connectivity index (χ4n) is 6.48. The van der Waals surface area contributed by atoms with E-state index in [0.717, 1.165) is 35.7 Å². The van der Waals surface area contributed by atoms with Crippen LogP contribution in [0.3, 0.4) is 0 Å². The van der Waals surface area contributed by atoms with Crippen LogP contribution >= 0.6 is 0 Å². The average Bonchev–Trinajstić information content (AvgIpc) is 3.11. The summed E-state index contributed by atoms with van der Waals surface area (Å²) in [7, 11) is 0. The monoisotopic (exact) mass is 488 g/mol. The third-order valence-electron chi connectivity index (χ3n) is 8.18. The minimum atomic E-state index is 0.501. The van der Waals surface area contributed by atoms with Gasteiger partial charge in [0.15, 0.2) is 11.5 Å². The summed E-state index contributed by atoms with van der Waals surface area (Å²) in [6.07, 6.45) is 10.2. The number of hydrogen-bond donors (Lipinski definition) is 0. The van der Waals surface area contributed by atoms with Crippen molar-refractivity contribution in [1.82, 2.24) is 9.47 Å². The van der Waals surface area contributed by atoms with Crippen LogP contribution in [0.2, 0.25) is 0 Å². The van der Waals surface area contributed by atoms with E-state index in [2.05, 4.69) is 27.7 Å². The molecule has 0 amide bonds. The van der Waals surface area contributed by atoms with Crippen LogP contribution in [0.15, 0.2) is 36.4 Å². The first kappa shape index (κ1) is 23.4. The highest BCUT2D eigenvalue weighted by atomic mass is 16.5. The smallest absolute Gasteiger partial charge is 0.298 e. The van der Waals surface area contributed by atoms with Gasteiger partial charge in [0.1, 0.15) is 19.0 Å². The lowest BCUT2D eigenvalue weighted by atomic mass is 9.81. The van der Waals surface area contributed by atoms with Gasteiger partial charge in [-0.25, -0.2) is 0 Å². The zero-order valence-electron chi connectivity index (χ0n) is 21.0. The van der Waals surface area contributed by atoms with Crippen LogP contribution < -0.4 is 14.2 Å². The van der Waals surface area contributed by atoms with Crippen molar-refractivity contribution in [1.29, 1.82) is 0 Å². The van der Waals surface area contributed by atoms with E-state index in [0.29, 0.717) is 31.4 Å². The quantitative estimate of drug-likeness (QED) is 0.374. The molecule has 1 saturated heterocycles. The highest BCUT2D eigenvalue weighted by molar-refractivity contribution is 5.95. The Labute approximate surface area is 213 Å². The number of carbonyl (C=O) groups is 1. The molecule has 3 heterocycles. The van der Waals surface area contributed by atoms with Gasteiger partial charge >= 0.3 is 0 Å². The molecular weight excluding hydrogens is 452 g/mol. The Balaban J connectivity index is 1.41. The molecule has 1 aliphatic carbocycles. The summed E-state index contributed by atoms with van der Waals surface area (Å²) < 4.78 is 20.3. The van der Waals surface area contributed by atoms with Crippen LogP contribution in [0, 0.1) is 0 Å². The van der Waals surface area contributed by atoms with Crippen molar-refractivity contribution in [2.24, 2.45) is 0 Å². The molecule has 0 N–H and O–H groups in total. The number of piperidine rings is 1. The molecule has 6 nitrogen and oxygen atoms in total. The van der Waals surface area contributed by atoms with Gasteiger partial charge in [-0.15, -0.1) is 0 Å². The summed E-state index contributed by atoms with van der Waals surface area (Å²) in [4.78, 5) is 13.5. The lowest BCUT2D eigenvalue weighted by molar-refractivity contribution is -0.120. The van der Waals surface area contributed by atoms with Crippen LogP contribution in [0.4, 0.5) is 0 Å². The van der Waals surface area contributed by atoms with E-state index in [1.54, 1.807) is 0 Å². The summed E-state index contributed by atoms with van der Waals surface area (Å²) in [6.45, 7) is 5.79. The molecule has 0 radical (unpaired) electrons. The zero-order chi connectivity index (χ0) is 24.3. The highest BCUT2D eigenvalue weighted by Crippen LogP contribution is 2.49. The first-order valence-corrected chi connectivity index (χ1v) is 13.7. The van der Waals surface area contributed by atoms with Crippen molar-refractivity contribution in [3.8, 4) is 28.5 Å². The molecule has 0 atom stereocenters. The molecular formula is C30H36N2O4. The Morgan fingerprint density at radius 3 is 2.64 bits per heavy atom. The molecule has 0 bridgehead atoms. The van der Waals surface area contributed by atoms with Gasteiger partial charge < -0.3 is 18.8 Å². The lowest BCUT2D eigenvalue weighted by Crippen LogP contribution is -2.33. The van der Waals surface area contributed by atoms with E-state index in [1.165, 1.54) is 81.1 Å². The van der Waals surface area contributed by atoms with Gasteiger partial charge in [-0.3, -0.25) is 9.69 Å². The minimum absolute atomic E-state index is 0.501. The molecule has 36 heavy (non-hydrogen) atoms. The number of hydrogen-bond acceptors (Lipinski definition) is 5. The SMILES string of the molecule is O=COc1ccc2c(C3CCCCC3)c3n(c2c1)CCOc1c(OCCN2CCCCC2)cccc1-3. The van der Waals surface area contributed by atoms with Crippen molar-refractivity contribution >= 4 is 17.4 Å². The van der Waals surface area contributed by atoms with Crippen molar-refractivity contribution in [2.75, 3.05) is 32.8 Å². The van der Waals surface area contributed by atoms with E-state index < -0.39 is 0 Å². The van der Waals surface area contributed by atoms with E-state index in [4.69, 9.17) is 14.2 Å². The Morgan fingerprint density at radius 2 is 1.81 bits per heavy atom. The number of benzene rings is 2. The van der Waals surface area contributed by atoms with Gasteiger partial charge in [0.05, 0.1) is 17.8 Å². The third-order valence-corrected chi connectivity index (χ3v) is 8.18. The van der Waals surface area contributed by atoms with E-state index >= 15 is 0 Å². The minimum Gasteiger partial charge on any atom is -0.488 e. The molecule has 1 aromatic heterocycles. The Hall–Kier alpha value is -2.99. The van der Waals surface area contributed by atoms with Gasteiger partial charge in [-0.05, 0) is 74.5 Å². The van der Waals surface area contributed by atoms with Crippen molar-refractivity contribution in [2.45, 2.75) is 63.8 Å². The number of carbonyl (C=O) groups excluding carboxylic acids is 1. The lowest BCUT2D eigenvalue weighted by Gasteiger charge is -2.26. The van der Waals surface area contributed by atoms with Gasteiger partial charge in [0, 0.05) is 23.6 Å². The molecule has 6 heteroatoms. The maximum Gasteiger partial charge on any atom is 0.298 e.